The molecule has 0 unspecified atom stereocenters. The Balaban J connectivity index is 1.61. The number of hydrogen-bond donors (Lipinski definition) is 1. The molecule has 4 rings (SSSR count). The molecule has 1 N–H and O–H groups in total. The second kappa shape index (κ2) is 12.5. The van der Waals surface area contributed by atoms with Crippen molar-refractivity contribution >= 4 is 29.2 Å². The van der Waals surface area contributed by atoms with Crippen LogP contribution < -0.4 is 10.1 Å². The van der Waals surface area contributed by atoms with Crippen molar-refractivity contribution in [1.82, 2.24) is 24.3 Å². The maximum absolute atomic E-state index is 10.4. The van der Waals surface area contributed by atoms with Gasteiger partial charge in [0.25, 0.3) is 0 Å². The van der Waals surface area contributed by atoms with E-state index in [2.05, 4.69) is 59.2 Å². The lowest BCUT2D eigenvalue weighted by Crippen LogP contribution is -2.44. The number of ether oxygens (including phenoxy) is 1. The molecule has 0 atom stereocenters. The molecule has 0 radical (unpaired) electrons. The summed E-state index contributed by atoms with van der Waals surface area (Å²) in [5, 5.41) is 11.2. The Labute approximate surface area is 218 Å². The van der Waals surface area contributed by atoms with Gasteiger partial charge >= 0.3 is 0 Å². The van der Waals surface area contributed by atoms with Crippen LogP contribution in [-0.4, -0.2) is 70.7 Å². The minimum absolute atomic E-state index is 0.356. The standard InChI is InChI=1S/C26H37N7O2S/c1-5-8-22-24-25(33(7-3)30-22)19(4)28-26(29-24)21-18-20(9-10-23(21)35-17-6-2)36-32-15-13-31(14-16-32)12-11-27-34/h9-10,18H,4-8,11-17H2,1-3H3,(H,28,29). The Morgan fingerprint density at radius 3 is 2.67 bits per heavy atom. The molecule has 3 heterocycles. The number of piperazine rings is 1. The summed E-state index contributed by atoms with van der Waals surface area (Å²) in [6.07, 6.45) is 2.82. The zero-order valence-electron chi connectivity index (χ0n) is 21.6. The topological polar surface area (TPSA) is 87.3 Å². The third-order valence-electron chi connectivity index (χ3n) is 6.30. The van der Waals surface area contributed by atoms with Crippen molar-refractivity contribution in [2.75, 3.05) is 45.9 Å². The lowest BCUT2D eigenvalue weighted by molar-refractivity contribution is 0.201. The first kappa shape index (κ1) is 26.4. The van der Waals surface area contributed by atoms with Crippen LogP contribution in [0, 0.1) is 4.91 Å². The fraction of sp³-hybridized carbons (Fsp3) is 0.538. The molecule has 36 heavy (non-hydrogen) atoms. The minimum Gasteiger partial charge on any atom is -0.493 e. The highest BCUT2D eigenvalue weighted by Gasteiger charge is 2.26. The number of amidine groups is 1. The van der Waals surface area contributed by atoms with E-state index in [1.807, 2.05) is 10.7 Å². The number of rotatable bonds is 12. The smallest absolute Gasteiger partial charge is 0.142 e. The highest BCUT2D eigenvalue weighted by molar-refractivity contribution is 7.97. The third-order valence-corrected chi connectivity index (χ3v) is 7.39. The van der Waals surface area contributed by atoms with Gasteiger partial charge < -0.3 is 10.1 Å². The SMILES string of the molecule is C=C1NC(c2cc(SN3CCN(CCN=O)CC3)ccc2OCCC)=Nc2c(CCC)nn(CC)c21. The average molecular weight is 512 g/mol. The quantitative estimate of drug-likeness (QED) is 0.327. The van der Waals surface area contributed by atoms with Crippen LogP contribution in [0.5, 0.6) is 5.75 Å². The minimum atomic E-state index is 0.356. The number of aromatic nitrogens is 2. The maximum atomic E-state index is 10.4. The summed E-state index contributed by atoms with van der Waals surface area (Å²) in [6.45, 7) is 16.9. The van der Waals surface area contributed by atoms with Gasteiger partial charge in [-0.2, -0.15) is 10.0 Å². The Morgan fingerprint density at radius 1 is 1.17 bits per heavy atom. The normalized spacial score (nSPS) is 16.4. The number of hydrogen-bond acceptors (Lipinski definition) is 9. The monoisotopic (exact) mass is 511 g/mol. The first-order valence-corrected chi connectivity index (χ1v) is 13.7. The molecule has 0 aliphatic carbocycles. The zero-order chi connectivity index (χ0) is 25.5. The molecule has 0 bridgehead atoms. The van der Waals surface area contributed by atoms with E-state index in [1.165, 1.54) is 0 Å². The predicted octanol–water partition coefficient (Wildman–Crippen LogP) is 4.69. The van der Waals surface area contributed by atoms with Crippen molar-refractivity contribution in [3.8, 4) is 5.75 Å². The van der Waals surface area contributed by atoms with Crippen molar-refractivity contribution < 1.29 is 4.74 Å². The predicted molar refractivity (Wildman–Crippen MR) is 147 cm³/mol. The molecule has 9 nitrogen and oxygen atoms in total. The zero-order valence-corrected chi connectivity index (χ0v) is 22.4. The molecule has 2 aliphatic rings. The second-order valence-corrected chi connectivity index (χ2v) is 10.2. The van der Waals surface area contributed by atoms with Crippen molar-refractivity contribution in [3.05, 3.63) is 46.6 Å². The van der Waals surface area contributed by atoms with Gasteiger partial charge in [0.1, 0.15) is 23.0 Å². The fourth-order valence-corrected chi connectivity index (χ4v) is 5.43. The van der Waals surface area contributed by atoms with Gasteiger partial charge in [-0.3, -0.25) is 9.58 Å². The van der Waals surface area contributed by atoms with Gasteiger partial charge in [-0.15, -0.1) is 0 Å². The van der Waals surface area contributed by atoms with Gasteiger partial charge in [-0.05, 0) is 49.9 Å². The molecule has 1 fully saturated rings. The number of nitrogens with one attached hydrogen (secondary N) is 1. The molecule has 1 saturated heterocycles. The summed E-state index contributed by atoms with van der Waals surface area (Å²) in [5.74, 6) is 1.56. The van der Waals surface area contributed by atoms with Crippen LogP contribution in [0.25, 0.3) is 5.70 Å². The molecule has 194 valence electrons. The summed E-state index contributed by atoms with van der Waals surface area (Å²) in [7, 11) is 0. The summed E-state index contributed by atoms with van der Waals surface area (Å²) in [5.41, 5.74) is 4.64. The molecule has 10 heteroatoms. The number of aliphatic imine (C=N–C) groups is 1. The molecule has 1 aromatic heterocycles. The Morgan fingerprint density at radius 2 is 1.97 bits per heavy atom. The summed E-state index contributed by atoms with van der Waals surface area (Å²) >= 11 is 1.75. The van der Waals surface area contributed by atoms with Crippen molar-refractivity contribution in [1.29, 1.82) is 0 Å². The van der Waals surface area contributed by atoms with Crippen LogP contribution in [0.15, 0.2) is 39.8 Å². The van der Waals surface area contributed by atoms with Crippen molar-refractivity contribution in [3.63, 3.8) is 0 Å². The molecular weight excluding hydrogens is 474 g/mol. The van der Waals surface area contributed by atoms with Gasteiger partial charge in [0, 0.05) is 44.2 Å². The Hall–Kier alpha value is -2.69. The van der Waals surface area contributed by atoms with Gasteiger partial charge in [0.2, 0.25) is 0 Å². The third kappa shape index (κ3) is 5.99. The Bertz CT molecular complexity index is 1110. The Kier molecular flexibility index (Phi) is 9.17. The van der Waals surface area contributed by atoms with Crippen LogP contribution in [0.4, 0.5) is 5.69 Å². The van der Waals surface area contributed by atoms with Crippen LogP contribution in [0.3, 0.4) is 0 Å². The summed E-state index contributed by atoms with van der Waals surface area (Å²) in [6, 6.07) is 6.32. The molecule has 1 aromatic carbocycles. The summed E-state index contributed by atoms with van der Waals surface area (Å²) < 4.78 is 10.5. The molecular formula is C26H37N7O2S. The number of aryl methyl sites for hydroxylation is 2. The number of nitrogens with zero attached hydrogens (tertiary/aromatic N) is 6. The van der Waals surface area contributed by atoms with Crippen molar-refractivity contribution in [2.24, 2.45) is 10.2 Å². The largest absolute Gasteiger partial charge is 0.493 e. The van der Waals surface area contributed by atoms with Gasteiger partial charge in [0.05, 0.1) is 30.1 Å². The highest BCUT2D eigenvalue weighted by atomic mass is 32.2. The average Bonchev–Trinajstić information content (AvgIpc) is 3.25. The van der Waals surface area contributed by atoms with E-state index in [0.29, 0.717) is 13.2 Å². The van der Waals surface area contributed by atoms with E-state index in [0.717, 1.165) is 103 Å². The van der Waals surface area contributed by atoms with Gasteiger partial charge in [-0.1, -0.05) is 32.0 Å². The van der Waals surface area contributed by atoms with Crippen LogP contribution in [0.2, 0.25) is 0 Å². The van der Waals surface area contributed by atoms with E-state index in [-0.39, 0.29) is 0 Å². The second-order valence-electron chi connectivity index (χ2n) is 8.99. The summed E-state index contributed by atoms with van der Waals surface area (Å²) in [4.78, 5) is 18.9. The first-order chi connectivity index (χ1) is 17.6. The number of benzene rings is 1. The van der Waals surface area contributed by atoms with Crippen LogP contribution in [-0.2, 0) is 13.0 Å². The first-order valence-electron chi connectivity index (χ1n) is 12.9. The lowest BCUT2D eigenvalue weighted by atomic mass is 10.1. The van der Waals surface area contributed by atoms with Crippen LogP contribution in [0.1, 0.15) is 50.6 Å². The lowest BCUT2D eigenvalue weighted by Gasteiger charge is -2.33. The van der Waals surface area contributed by atoms with Gasteiger partial charge in [-0.25, -0.2) is 9.30 Å². The van der Waals surface area contributed by atoms with Crippen LogP contribution >= 0.6 is 11.9 Å². The van der Waals surface area contributed by atoms with Crippen molar-refractivity contribution in [2.45, 2.75) is 51.5 Å². The highest BCUT2D eigenvalue weighted by Crippen LogP contribution is 2.36. The van der Waals surface area contributed by atoms with E-state index >= 15 is 0 Å². The van der Waals surface area contributed by atoms with E-state index in [4.69, 9.17) is 14.8 Å². The van der Waals surface area contributed by atoms with E-state index in [9.17, 15) is 4.91 Å². The molecule has 0 spiro atoms. The number of fused-ring (bicyclic) bond motifs is 1. The number of nitroso groups, excluding NO2 is 1. The molecule has 0 saturated carbocycles. The maximum Gasteiger partial charge on any atom is 0.142 e. The molecule has 2 aromatic rings. The molecule has 2 aliphatic heterocycles. The van der Waals surface area contributed by atoms with Gasteiger partial charge in [0.15, 0.2) is 0 Å². The fourth-order valence-electron chi connectivity index (χ4n) is 4.49. The molecule has 0 amide bonds. The van der Waals surface area contributed by atoms with E-state index < -0.39 is 0 Å². The van der Waals surface area contributed by atoms with E-state index in [1.54, 1.807) is 11.9 Å².